The first-order chi connectivity index (χ1) is 16.9. The van der Waals surface area contributed by atoms with Crippen molar-refractivity contribution in [1.82, 2.24) is 9.55 Å². The minimum Gasteiger partial charge on any atom is -0.493 e. The van der Waals surface area contributed by atoms with Gasteiger partial charge >= 0.3 is 5.97 Å². The van der Waals surface area contributed by atoms with Crippen LogP contribution in [0.4, 0.5) is 0 Å². The number of hydrogen-bond acceptors (Lipinski definition) is 7. The van der Waals surface area contributed by atoms with Crippen LogP contribution in [0.15, 0.2) is 59.5 Å². The van der Waals surface area contributed by atoms with Gasteiger partial charge in [0.15, 0.2) is 23.0 Å². The number of aromatic carboxylic acids is 1. The standard InChI is InChI=1S/C26H24N2O7/c1-32-19-9-8-15(11-20(19)33-2)24-16-12-21(34-3)22(35-4)13-17(16)27-18(25(24)26(30)31)14-28-10-6-5-7-23(28)29/h5-13H,14H2,1-4H3,(H,30,31). The van der Waals surface area contributed by atoms with E-state index >= 15 is 0 Å². The summed E-state index contributed by atoms with van der Waals surface area (Å²) in [6.45, 7) is -0.0358. The molecule has 0 aliphatic rings. The van der Waals surface area contributed by atoms with E-state index < -0.39 is 5.97 Å². The number of carboxylic acids is 1. The number of carbonyl (C=O) groups is 1. The van der Waals surface area contributed by atoms with Crippen LogP contribution in [0.1, 0.15) is 16.1 Å². The topological polar surface area (TPSA) is 109 Å². The molecule has 0 spiro atoms. The second-order valence-electron chi connectivity index (χ2n) is 7.57. The fourth-order valence-electron chi connectivity index (χ4n) is 4.03. The highest BCUT2D eigenvalue weighted by molar-refractivity contribution is 6.08. The van der Waals surface area contributed by atoms with Crippen LogP contribution in [0, 0.1) is 0 Å². The van der Waals surface area contributed by atoms with Crippen molar-refractivity contribution in [3.05, 3.63) is 76.3 Å². The van der Waals surface area contributed by atoms with Crippen LogP contribution in [0.3, 0.4) is 0 Å². The zero-order valence-corrected chi connectivity index (χ0v) is 19.7. The molecule has 4 rings (SSSR count). The van der Waals surface area contributed by atoms with Crippen LogP contribution in [0.25, 0.3) is 22.0 Å². The first-order valence-corrected chi connectivity index (χ1v) is 10.6. The molecule has 0 bridgehead atoms. The lowest BCUT2D eigenvalue weighted by molar-refractivity contribution is 0.0696. The first-order valence-electron chi connectivity index (χ1n) is 10.6. The van der Waals surface area contributed by atoms with Gasteiger partial charge in [0.1, 0.15) is 0 Å². The van der Waals surface area contributed by atoms with Gasteiger partial charge in [-0.15, -0.1) is 0 Å². The number of hydrogen-bond donors (Lipinski definition) is 1. The number of aromatic nitrogens is 2. The van der Waals surface area contributed by atoms with Crippen LogP contribution >= 0.6 is 0 Å². The van der Waals surface area contributed by atoms with Gasteiger partial charge in [0.2, 0.25) is 0 Å². The molecule has 2 aromatic carbocycles. The zero-order valence-electron chi connectivity index (χ0n) is 19.7. The average molecular weight is 476 g/mol. The molecular weight excluding hydrogens is 452 g/mol. The summed E-state index contributed by atoms with van der Waals surface area (Å²) in [5.41, 5.74) is 1.37. The lowest BCUT2D eigenvalue weighted by atomic mass is 9.93. The Morgan fingerprint density at radius 1 is 0.886 bits per heavy atom. The van der Waals surface area contributed by atoms with E-state index in [2.05, 4.69) is 4.98 Å². The van der Waals surface area contributed by atoms with Crippen molar-refractivity contribution in [3.8, 4) is 34.1 Å². The molecule has 0 aliphatic carbocycles. The molecule has 9 heteroatoms. The summed E-state index contributed by atoms with van der Waals surface area (Å²) in [6.07, 6.45) is 1.59. The summed E-state index contributed by atoms with van der Waals surface area (Å²) in [5, 5.41) is 10.9. The predicted molar refractivity (Wildman–Crippen MR) is 130 cm³/mol. The minimum absolute atomic E-state index is 0.0345. The molecule has 0 saturated carbocycles. The number of methoxy groups -OCH3 is 4. The Kier molecular flexibility index (Phi) is 6.59. The molecule has 0 aliphatic heterocycles. The third-order valence-corrected chi connectivity index (χ3v) is 5.67. The molecule has 0 saturated heterocycles. The number of carboxylic acid groups (broad SMARTS) is 1. The molecule has 9 nitrogen and oxygen atoms in total. The fraction of sp³-hybridized carbons (Fsp3) is 0.192. The third-order valence-electron chi connectivity index (χ3n) is 5.67. The molecule has 180 valence electrons. The van der Waals surface area contributed by atoms with E-state index in [1.54, 1.807) is 48.7 Å². The molecule has 4 aromatic rings. The summed E-state index contributed by atoms with van der Waals surface area (Å²) < 4.78 is 23.1. The highest BCUT2D eigenvalue weighted by Gasteiger charge is 2.24. The molecule has 1 N–H and O–H groups in total. The summed E-state index contributed by atoms with van der Waals surface area (Å²) >= 11 is 0. The second-order valence-corrected chi connectivity index (χ2v) is 7.57. The summed E-state index contributed by atoms with van der Waals surface area (Å²) in [6, 6.07) is 13.3. The number of benzene rings is 2. The Morgan fingerprint density at radius 3 is 2.17 bits per heavy atom. The van der Waals surface area contributed by atoms with E-state index in [0.717, 1.165) is 0 Å². The SMILES string of the molecule is COc1ccc(-c2c(C(=O)O)c(Cn3ccccc3=O)nc3cc(OC)c(OC)cc23)cc1OC. The summed E-state index contributed by atoms with van der Waals surface area (Å²) in [5.74, 6) is 0.621. The highest BCUT2D eigenvalue weighted by atomic mass is 16.5. The van der Waals surface area contributed by atoms with Crippen molar-refractivity contribution in [1.29, 1.82) is 0 Å². The van der Waals surface area contributed by atoms with Crippen molar-refractivity contribution in [2.24, 2.45) is 0 Å². The van der Waals surface area contributed by atoms with Crippen molar-refractivity contribution in [2.45, 2.75) is 6.54 Å². The maximum atomic E-state index is 12.7. The lowest BCUT2D eigenvalue weighted by Crippen LogP contribution is -2.21. The number of fused-ring (bicyclic) bond motifs is 1. The third kappa shape index (κ3) is 4.35. The molecule has 0 fully saturated rings. The highest BCUT2D eigenvalue weighted by Crippen LogP contribution is 2.41. The van der Waals surface area contributed by atoms with Gasteiger partial charge in [-0.2, -0.15) is 0 Å². The smallest absolute Gasteiger partial charge is 0.338 e. The Hall–Kier alpha value is -4.53. The van der Waals surface area contributed by atoms with Gasteiger partial charge in [0.05, 0.1) is 51.8 Å². The zero-order chi connectivity index (χ0) is 25.1. The van der Waals surface area contributed by atoms with E-state index in [1.807, 2.05) is 0 Å². The van der Waals surface area contributed by atoms with Crippen molar-refractivity contribution in [2.75, 3.05) is 28.4 Å². The molecule has 0 atom stereocenters. The maximum Gasteiger partial charge on any atom is 0.338 e. The van der Waals surface area contributed by atoms with Crippen LogP contribution in [-0.2, 0) is 6.54 Å². The van der Waals surface area contributed by atoms with Gasteiger partial charge in [-0.25, -0.2) is 9.78 Å². The van der Waals surface area contributed by atoms with Crippen LogP contribution in [-0.4, -0.2) is 49.1 Å². The minimum atomic E-state index is -1.18. The Balaban J connectivity index is 2.11. The van der Waals surface area contributed by atoms with E-state index in [-0.39, 0.29) is 23.4 Å². The Labute approximate surface area is 201 Å². The molecule has 2 aromatic heterocycles. The number of ether oxygens (including phenoxy) is 4. The largest absolute Gasteiger partial charge is 0.493 e. The number of nitrogens with zero attached hydrogens (tertiary/aromatic N) is 2. The summed E-state index contributed by atoms with van der Waals surface area (Å²) in [4.78, 5) is 29.7. The van der Waals surface area contributed by atoms with E-state index in [0.29, 0.717) is 45.0 Å². The van der Waals surface area contributed by atoms with E-state index in [9.17, 15) is 14.7 Å². The molecule has 35 heavy (non-hydrogen) atoms. The van der Waals surface area contributed by atoms with Gasteiger partial charge in [-0.05, 0) is 29.8 Å². The van der Waals surface area contributed by atoms with Gasteiger partial charge in [-0.3, -0.25) is 4.79 Å². The number of rotatable bonds is 8. The van der Waals surface area contributed by atoms with Crippen molar-refractivity contribution in [3.63, 3.8) is 0 Å². The first kappa shape index (κ1) is 23.6. The lowest BCUT2D eigenvalue weighted by Gasteiger charge is -2.18. The fourth-order valence-corrected chi connectivity index (χ4v) is 4.03. The molecule has 0 amide bonds. The Bertz CT molecular complexity index is 1480. The molecule has 0 radical (unpaired) electrons. The van der Waals surface area contributed by atoms with Crippen molar-refractivity contribution < 1.29 is 28.8 Å². The maximum absolute atomic E-state index is 12.7. The second kappa shape index (κ2) is 9.76. The average Bonchev–Trinajstić information content (AvgIpc) is 2.87. The molecule has 0 unspecified atom stereocenters. The number of pyridine rings is 2. The van der Waals surface area contributed by atoms with E-state index in [4.69, 9.17) is 18.9 Å². The molecular formula is C26H24N2O7. The normalized spacial score (nSPS) is 10.7. The quantitative estimate of drug-likeness (QED) is 0.409. The predicted octanol–water partition coefficient (Wildman–Crippen LogP) is 3.84. The van der Waals surface area contributed by atoms with Gasteiger partial charge in [0, 0.05) is 29.3 Å². The van der Waals surface area contributed by atoms with Crippen LogP contribution < -0.4 is 24.5 Å². The van der Waals surface area contributed by atoms with Crippen molar-refractivity contribution >= 4 is 16.9 Å². The van der Waals surface area contributed by atoms with Gasteiger partial charge in [-0.1, -0.05) is 12.1 Å². The Morgan fingerprint density at radius 2 is 1.54 bits per heavy atom. The monoisotopic (exact) mass is 476 g/mol. The van der Waals surface area contributed by atoms with Crippen LogP contribution in [0.5, 0.6) is 23.0 Å². The van der Waals surface area contributed by atoms with Crippen LogP contribution in [0.2, 0.25) is 0 Å². The van der Waals surface area contributed by atoms with E-state index in [1.165, 1.54) is 39.1 Å². The summed E-state index contributed by atoms with van der Waals surface area (Å²) in [7, 11) is 6.04. The molecule has 2 heterocycles. The van der Waals surface area contributed by atoms with Gasteiger partial charge in [0.25, 0.3) is 5.56 Å². The van der Waals surface area contributed by atoms with Gasteiger partial charge < -0.3 is 28.6 Å².